The van der Waals surface area contributed by atoms with Crippen LogP contribution in [0.3, 0.4) is 0 Å². The van der Waals surface area contributed by atoms with Crippen LogP contribution in [0.2, 0.25) is 0 Å². The zero-order valence-electron chi connectivity index (χ0n) is 13.8. The molecule has 0 N–H and O–H groups in total. The zero-order chi connectivity index (χ0) is 14.7. The molecule has 1 aromatic heterocycles. The maximum atomic E-state index is 4.29. The lowest BCUT2D eigenvalue weighted by Crippen LogP contribution is -2.39. The summed E-state index contributed by atoms with van der Waals surface area (Å²) in [7, 11) is 2.06. The topological polar surface area (TPSA) is 21.1 Å². The second kappa shape index (κ2) is 6.95. The number of aromatic nitrogens is 2. The normalized spacial score (nSPS) is 26.3. The molecule has 3 heteroatoms. The van der Waals surface area contributed by atoms with E-state index in [2.05, 4.69) is 30.0 Å². The van der Waals surface area contributed by atoms with Gasteiger partial charge in [0.15, 0.2) is 0 Å². The van der Waals surface area contributed by atoms with E-state index in [9.17, 15) is 0 Å². The third-order valence-corrected chi connectivity index (χ3v) is 5.63. The Kier molecular flexibility index (Phi) is 4.99. The van der Waals surface area contributed by atoms with Crippen molar-refractivity contribution in [3.63, 3.8) is 0 Å². The Morgan fingerprint density at radius 1 is 1.19 bits per heavy atom. The Morgan fingerprint density at radius 3 is 2.71 bits per heavy atom. The predicted molar refractivity (Wildman–Crippen MR) is 87.2 cm³/mol. The minimum atomic E-state index is 0.726. The van der Waals surface area contributed by atoms with E-state index in [0.29, 0.717) is 0 Å². The van der Waals surface area contributed by atoms with Crippen molar-refractivity contribution in [2.24, 2.45) is 18.9 Å². The molecule has 3 rings (SSSR count). The molecular formula is C18H31N3. The second-order valence-corrected chi connectivity index (χ2v) is 7.36. The molecule has 21 heavy (non-hydrogen) atoms. The van der Waals surface area contributed by atoms with E-state index >= 15 is 0 Å². The van der Waals surface area contributed by atoms with Gasteiger partial charge in [-0.2, -0.15) is 5.10 Å². The predicted octanol–water partition coefficient (Wildman–Crippen LogP) is 3.64. The summed E-state index contributed by atoms with van der Waals surface area (Å²) in [5.41, 5.74) is 1.37. The summed E-state index contributed by atoms with van der Waals surface area (Å²) in [6, 6.07) is 3.05. The van der Waals surface area contributed by atoms with Gasteiger partial charge >= 0.3 is 0 Å². The van der Waals surface area contributed by atoms with Gasteiger partial charge in [-0.25, -0.2) is 0 Å². The molecule has 2 aliphatic rings. The van der Waals surface area contributed by atoms with E-state index in [1.54, 1.807) is 0 Å². The fourth-order valence-corrected chi connectivity index (χ4v) is 4.55. The third kappa shape index (κ3) is 3.68. The van der Waals surface area contributed by atoms with Crippen molar-refractivity contribution in [3.8, 4) is 0 Å². The van der Waals surface area contributed by atoms with Gasteiger partial charge in [0, 0.05) is 31.5 Å². The maximum Gasteiger partial charge on any atom is 0.0492 e. The van der Waals surface area contributed by atoms with Gasteiger partial charge in [-0.15, -0.1) is 0 Å². The van der Waals surface area contributed by atoms with Crippen LogP contribution in [0.15, 0.2) is 12.3 Å². The molecule has 2 unspecified atom stereocenters. The molecule has 2 fully saturated rings. The van der Waals surface area contributed by atoms with Crippen LogP contribution in [0.4, 0.5) is 0 Å². The number of nitrogens with zero attached hydrogens (tertiary/aromatic N) is 3. The maximum absolute atomic E-state index is 4.29. The Balaban J connectivity index is 1.54. The molecule has 0 bridgehead atoms. The molecule has 1 aromatic rings. The summed E-state index contributed by atoms with van der Waals surface area (Å²) in [5.74, 6) is 1.72. The van der Waals surface area contributed by atoms with Crippen LogP contribution >= 0.6 is 0 Å². The van der Waals surface area contributed by atoms with Crippen LogP contribution in [-0.4, -0.2) is 33.8 Å². The Bertz CT molecular complexity index is 433. The minimum absolute atomic E-state index is 0.726. The second-order valence-electron chi connectivity index (χ2n) is 7.36. The standard InChI is InChI=1S/C18H31N3/c1-15(13-17-10-11-19-20(17)2)14-21-12-6-9-18(21)16-7-4-3-5-8-16/h10-11,15-16,18H,3-9,12-14H2,1-2H3. The van der Waals surface area contributed by atoms with Crippen LogP contribution in [0.25, 0.3) is 0 Å². The van der Waals surface area contributed by atoms with Gasteiger partial charge in [-0.3, -0.25) is 9.58 Å². The van der Waals surface area contributed by atoms with Gasteiger partial charge in [0.05, 0.1) is 0 Å². The summed E-state index contributed by atoms with van der Waals surface area (Å²) in [6.45, 7) is 5.01. The van der Waals surface area contributed by atoms with Crippen molar-refractivity contribution in [1.82, 2.24) is 14.7 Å². The lowest BCUT2D eigenvalue weighted by atomic mass is 9.82. The molecule has 0 amide bonds. The monoisotopic (exact) mass is 289 g/mol. The number of aryl methyl sites for hydroxylation is 1. The highest BCUT2D eigenvalue weighted by molar-refractivity contribution is 5.01. The van der Waals surface area contributed by atoms with Crippen LogP contribution in [-0.2, 0) is 13.5 Å². The number of hydrogen-bond acceptors (Lipinski definition) is 2. The molecule has 1 aliphatic heterocycles. The first-order chi connectivity index (χ1) is 10.2. The molecule has 0 radical (unpaired) electrons. The summed E-state index contributed by atoms with van der Waals surface area (Å²) in [6.07, 6.45) is 13.3. The van der Waals surface area contributed by atoms with Crippen molar-refractivity contribution in [2.45, 2.75) is 64.3 Å². The van der Waals surface area contributed by atoms with Gasteiger partial charge in [-0.05, 0) is 56.6 Å². The van der Waals surface area contributed by atoms with Crippen molar-refractivity contribution in [3.05, 3.63) is 18.0 Å². The van der Waals surface area contributed by atoms with E-state index in [1.165, 1.54) is 63.7 Å². The summed E-state index contributed by atoms with van der Waals surface area (Å²) >= 11 is 0. The van der Waals surface area contributed by atoms with Gasteiger partial charge in [0.25, 0.3) is 0 Å². The van der Waals surface area contributed by atoms with Crippen LogP contribution < -0.4 is 0 Å². The first-order valence-corrected chi connectivity index (χ1v) is 8.95. The summed E-state index contributed by atoms with van der Waals surface area (Å²) in [4.78, 5) is 2.82. The van der Waals surface area contributed by atoms with Gasteiger partial charge in [0.2, 0.25) is 0 Å². The van der Waals surface area contributed by atoms with E-state index in [1.807, 2.05) is 10.9 Å². The lowest BCUT2D eigenvalue weighted by Gasteiger charge is -2.35. The molecule has 118 valence electrons. The van der Waals surface area contributed by atoms with Gasteiger partial charge < -0.3 is 0 Å². The molecule has 2 heterocycles. The molecule has 3 nitrogen and oxygen atoms in total. The van der Waals surface area contributed by atoms with Crippen LogP contribution in [0, 0.1) is 11.8 Å². The highest BCUT2D eigenvalue weighted by atomic mass is 15.3. The van der Waals surface area contributed by atoms with E-state index < -0.39 is 0 Å². The number of hydrogen-bond donors (Lipinski definition) is 0. The number of rotatable bonds is 5. The fraction of sp³-hybridized carbons (Fsp3) is 0.833. The molecular weight excluding hydrogens is 258 g/mol. The largest absolute Gasteiger partial charge is 0.300 e. The minimum Gasteiger partial charge on any atom is -0.300 e. The van der Waals surface area contributed by atoms with E-state index in [4.69, 9.17) is 0 Å². The molecule has 2 atom stereocenters. The van der Waals surface area contributed by atoms with Crippen molar-refractivity contribution >= 4 is 0 Å². The molecule has 0 spiro atoms. The highest BCUT2D eigenvalue weighted by Crippen LogP contribution is 2.34. The Morgan fingerprint density at radius 2 is 2.00 bits per heavy atom. The van der Waals surface area contributed by atoms with E-state index in [0.717, 1.165) is 24.3 Å². The van der Waals surface area contributed by atoms with Crippen LogP contribution in [0.1, 0.15) is 57.6 Å². The van der Waals surface area contributed by atoms with Crippen molar-refractivity contribution in [2.75, 3.05) is 13.1 Å². The Labute approximate surface area is 129 Å². The summed E-state index contributed by atoms with van der Waals surface area (Å²) in [5, 5.41) is 4.29. The Hall–Kier alpha value is -0.830. The van der Waals surface area contributed by atoms with Gasteiger partial charge in [0.1, 0.15) is 0 Å². The van der Waals surface area contributed by atoms with Crippen molar-refractivity contribution in [1.29, 1.82) is 0 Å². The highest BCUT2D eigenvalue weighted by Gasteiger charge is 2.32. The third-order valence-electron chi connectivity index (χ3n) is 5.63. The molecule has 1 saturated carbocycles. The lowest BCUT2D eigenvalue weighted by molar-refractivity contribution is 0.140. The SMILES string of the molecule is CC(Cc1ccnn1C)CN1CCCC1C1CCCCC1. The smallest absolute Gasteiger partial charge is 0.0492 e. The van der Waals surface area contributed by atoms with Gasteiger partial charge in [-0.1, -0.05) is 26.2 Å². The average molecular weight is 289 g/mol. The first kappa shape index (κ1) is 15.1. The number of likely N-dealkylation sites (tertiary alicyclic amines) is 1. The molecule has 0 aromatic carbocycles. The summed E-state index contributed by atoms with van der Waals surface area (Å²) < 4.78 is 2.03. The van der Waals surface area contributed by atoms with E-state index in [-0.39, 0.29) is 0 Å². The average Bonchev–Trinajstić information content (AvgIpc) is 3.10. The fourth-order valence-electron chi connectivity index (χ4n) is 4.55. The zero-order valence-corrected chi connectivity index (χ0v) is 13.8. The quantitative estimate of drug-likeness (QED) is 0.825. The first-order valence-electron chi connectivity index (χ1n) is 8.95. The van der Waals surface area contributed by atoms with Crippen molar-refractivity contribution < 1.29 is 0 Å². The molecule has 1 saturated heterocycles. The molecule has 1 aliphatic carbocycles. The van der Waals surface area contributed by atoms with Crippen LogP contribution in [0.5, 0.6) is 0 Å².